The van der Waals surface area contributed by atoms with Gasteiger partial charge in [0.05, 0.1) is 0 Å². The Morgan fingerprint density at radius 3 is 2.18 bits per heavy atom. The van der Waals surface area contributed by atoms with Gasteiger partial charge in [0.2, 0.25) is 3.79 Å². The third kappa shape index (κ3) is 2.44. The summed E-state index contributed by atoms with van der Waals surface area (Å²) in [7, 11) is 0. The second-order valence-electron chi connectivity index (χ2n) is 2.05. The van der Waals surface area contributed by atoms with Crippen molar-refractivity contribution < 1.29 is 5.11 Å². The lowest BCUT2D eigenvalue weighted by atomic mass is 10.2. The molecule has 4 heteroatoms. The number of alkyl halides is 3. The van der Waals surface area contributed by atoms with Gasteiger partial charge in [-0.25, -0.2) is 0 Å². The van der Waals surface area contributed by atoms with Crippen LogP contribution < -0.4 is 0 Å². The maximum atomic E-state index is 9.00. The molecule has 0 aliphatic heterocycles. The van der Waals surface area contributed by atoms with Crippen molar-refractivity contribution in [2.24, 2.45) is 0 Å². The predicted octanol–water partition coefficient (Wildman–Crippen LogP) is 3.22. The highest BCUT2D eigenvalue weighted by Crippen LogP contribution is 2.38. The first kappa shape index (κ1) is 8.98. The number of benzene rings is 1. The van der Waals surface area contributed by atoms with Crippen molar-refractivity contribution in [3.05, 3.63) is 29.8 Å². The van der Waals surface area contributed by atoms with Crippen molar-refractivity contribution in [2.45, 2.75) is 3.79 Å². The smallest absolute Gasteiger partial charge is 0.216 e. The van der Waals surface area contributed by atoms with Gasteiger partial charge >= 0.3 is 0 Å². The number of rotatable bonds is 0. The van der Waals surface area contributed by atoms with Crippen molar-refractivity contribution in [1.29, 1.82) is 0 Å². The zero-order valence-corrected chi connectivity index (χ0v) is 7.66. The molecule has 0 heterocycles. The van der Waals surface area contributed by atoms with Crippen molar-refractivity contribution in [3.63, 3.8) is 0 Å². The van der Waals surface area contributed by atoms with Crippen LogP contribution in [0.2, 0.25) is 0 Å². The summed E-state index contributed by atoms with van der Waals surface area (Å²) in [6.45, 7) is 0. The van der Waals surface area contributed by atoms with E-state index in [9.17, 15) is 0 Å². The molecule has 1 aromatic rings. The lowest BCUT2D eigenvalue weighted by molar-refractivity contribution is 0.474. The minimum absolute atomic E-state index is 0.0915. The van der Waals surface area contributed by atoms with Crippen LogP contribution in [0.5, 0.6) is 5.75 Å². The lowest BCUT2D eigenvalue weighted by Crippen LogP contribution is -1.98. The molecule has 0 aliphatic carbocycles. The first-order valence-electron chi connectivity index (χ1n) is 2.86. The van der Waals surface area contributed by atoms with Crippen LogP contribution >= 0.6 is 34.8 Å². The monoisotopic (exact) mass is 210 g/mol. The fourth-order valence-electron chi connectivity index (χ4n) is 0.682. The Bertz CT molecular complexity index is 254. The first-order valence-corrected chi connectivity index (χ1v) is 4.00. The van der Waals surface area contributed by atoms with Gasteiger partial charge in [-0.3, -0.25) is 0 Å². The molecule has 0 bridgehead atoms. The average molecular weight is 211 g/mol. The van der Waals surface area contributed by atoms with Crippen molar-refractivity contribution in [1.82, 2.24) is 0 Å². The van der Waals surface area contributed by atoms with Gasteiger partial charge in [-0.2, -0.15) is 0 Å². The Hall–Kier alpha value is -0.110. The molecule has 0 amide bonds. The molecular formula is C7H5Cl3O. The number of aromatic hydroxyl groups is 1. The van der Waals surface area contributed by atoms with Crippen LogP contribution in [0.1, 0.15) is 5.56 Å². The molecule has 1 nitrogen and oxygen atoms in total. The van der Waals surface area contributed by atoms with Crippen molar-refractivity contribution >= 4 is 34.8 Å². The summed E-state index contributed by atoms with van der Waals surface area (Å²) < 4.78 is -1.46. The molecular weight excluding hydrogens is 206 g/mol. The molecule has 0 aromatic heterocycles. The third-order valence-electron chi connectivity index (χ3n) is 1.17. The van der Waals surface area contributed by atoms with Crippen LogP contribution in [0.15, 0.2) is 24.3 Å². The van der Waals surface area contributed by atoms with Crippen LogP contribution in [0.25, 0.3) is 0 Å². The fourth-order valence-corrected chi connectivity index (χ4v) is 1.03. The van der Waals surface area contributed by atoms with Crippen LogP contribution in [0.4, 0.5) is 0 Å². The highest BCUT2D eigenvalue weighted by atomic mass is 35.6. The summed E-state index contributed by atoms with van der Waals surface area (Å²) in [5.41, 5.74) is 0.461. The summed E-state index contributed by atoms with van der Waals surface area (Å²) in [4.78, 5) is 0. The van der Waals surface area contributed by atoms with E-state index in [1.165, 1.54) is 12.1 Å². The van der Waals surface area contributed by atoms with Gasteiger partial charge in [-0.1, -0.05) is 46.9 Å². The van der Waals surface area contributed by atoms with Gasteiger partial charge in [0.25, 0.3) is 0 Å². The Kier molecular flexibility index (Phi) is 2.53. The fraction of sp³-hybridized carbons (Fsp3) is 0.143. The van der Waals surface area contributed by atoms with Crippen LogP contribution in [-0.2, 0) is 3.79 Å². The highest BCUT2D eigenvalue weighted by Gasteiger charge is 2.22. The summed E-state index contributed by atoms with van der Waals surface area (Å²) in [5.74, 6) is 0.0915. The molecule has 0 fully saturated rings. The Morgan fingerprint density at radius 2 is 1.82 bits per heavy atom. The molecule has 0 saturated carbocycles. The maximum absolute atomic E-state index is 9.00. The SMILES string of the molecule is Oc1cccc(C(Cl)(Cl)Cl)c1. The summed E-state index contributed by atoms with van der Waals surface area (Å²) in [6, 6.07) is 6.17. The molecule has 1 rings (SSSR count). The standard InChI is InChI=1S/C7H5Cl3O/c8-7(9,10)5-2-1-3-6(11)4-5/h1-4,11H. The molecule has 0 saturated heterocycles. The van der Waals surface area contributed by atoms with Crippen molar-refractivity contribution in [3.8, 4) is 5.75 Å². The summed E-state index contributed by atoms with van der Waals surface area (Å²) in [6.07, 6.45) is 0. The van der Waals surface area contributed by atoms with E-state index in [1.54, 1.807) is 12.1 Å². The second-order valence-corrected chi connectivity index (χ2v) is 4.33. The lowest BCUT2D eigenvalue weighted by Gasteiger charge is -2.10. The molecule has 11 heavy (non-hydrogen) atoms. The first-order chi connectivity index (χ1) is 5.00. The Morgan fingerprint density at radius 1 is 1.18 bits per heavy atom. The Balaban J connectivity index is 3.06. The van der Waals surface area contributed by atoms with E-state index in [4.69, 9.17) is 39.9 Å². The third-order valence-corrected chi connectivity index (χ3v) is 1.83. The summed E-state index contributed by atoms with van der Waals surface area (Å²) >= 11 is 16.7. The minimum Gasteiger partial charge on any atom is -0.508 e. The topological polar surface area (TPSA) is 20.2 Å². The summed E-state index contributed by atoms with van der Waals surface area (Å²) in [5, 5.41) is 9.00. The number of halogens is 3. The number of hydrogen-bond acceptors (Lipinski definition) is 1. The van der Waals surface area contributed by atoms with Gasteiger partial charge in [0, 0.05) is 5.56 Å². The molecule has 1 aromatic carbocycles. The molecule has 0 atom stereocenters. The average Bonchev–Trinajstić information content (AvgIpc) is 1.86. The molecule has 60 valence electrons. The number of phenolic OH excluding ortho intramolecular Hbond substituents is 1. The molecule has 0 aliphatic rings. The van der Waals surface area contributed by atoms with Gasteiger partial charge in [0.1, 0.15) is 5.75 Å². The normalized spacial score (nSPS) is 11.5. The zero-order chi connectivity index (χ0) is 8.48. The molecule has 1 N–H and O–H groups in total. The van der Waals surface area contributed by atoms with Crippen molar-refractivity contribution in [2.75, 3.05) is 0 Å². The van der Waals surface area contributed by atoms with E-state index in [-0.39, 0.29) is 5.75 Å². The van der Waals surface area contributed by atoms with E-state index in [1.807, 2.05) is 0 Å². The van der Waals surface area contributed by atoms with E-state index in [2.05, 4.69) is 0 Å². The number of hydrogen-bond donors (Lipinski definition) is 1. The van der Waals surface area contributed by atoms with Gasteiger partial charge in [0.15, 0.2) is 0 Å². The van der Waals surface area contributed by atoms with E-state index in [0.717, 1.165) is 0 Å². The predicted molar refractivity (Wildman–Crippen MR) is 47.3 cm³/mol. The minimum atomic E-state index is -1.46. The maximum Gasteiger partial charge on any atom is 0.216 e. The highest BCUT2D eigenvalue weighted by molar-refractivity contribution is 6.66. The second kappa shape index (κ2) is 3.10. The largest absolute Gasteiger partial charge is 0.508 e. The molecule has 0 radical (unpaired) electrons. The van der Waals surface area contributed by atoms with Crippen LogP contribution in [0, 0.1) is 0 Å². The molecule has 0 spiro atoms. The molecule has 0 unspecified atom stereocenters. The van der Waals surface area contributed by atoms with E-state index < -0.39 is 3.79 Å². The van der Waals surface area contributed by atoms with E-state index in [0.29, 0.717) is 5.56 Å². The van der Waals surface area contributed by atoms with Gasteiger partial charge in [-0.05, 0) is 12.1 Å². The zero-order valence-electron chi connectivity index (χ0n) is 5.39. The van der Waals surface area contributed by atoms with Crippen LogP contribution in [-0.4, -0.2) is 5.11 Å². The van der Waals surface area contributed by atoms with Crippen LogP contribution in [0.3, 0.4) is 0 Å². The van der Waals surface area contributed by atoms with Gasteiger partial charge < -0.3 is 5.11 Å². The Labute approximate surface area is 79.5 Å². The number of phenols is 1. The van der Waals surface area contributed by atoms with E-state index >= 15 is 0 Å². The van der Waals surface area contributed by atoms with Gasteiger partial charge in [-0.15, -0.1) is 0 Å². The quantitative estimate of drug-likeness (QED) is 0.653.